The summed E-state index contributed by atoms with van der Waals surface area (Å²) in [5.41, 5.74) is 1.17. The highest BCUT2D eigenvalue weighted by molar-refractivity contribution is 14.1. The molecule has 0 aromatic heterocycles. The van der Waals surface area contributed by atoms with Gasteiger partial charge in [-0.3, -0.25) is 9.59 Å². The lowest BCUT2D eigenvalue weighted by atomic mass is 10.0. The number of hydrogen-bond donors (Lipinski definition) is 1. The van der Waals surface area contributed by atoms with E-state index in [9.17, 15) is 14.0 Å². The molecule has 1 atom stereocenters. The van der Waals surface area contributed by atoms with E-state index < -0.39 is 11.6 Å². The third kappa shape index (κ3) is 8.65. The number of nitrogens with zero attached hydrogens (tertiary/aromatic N) is 1. The Bertz CT molecular complexity index is 1110. The Balaban J connectivity index is 1.91. The standard InChI is InChI=1S/C28H30FIN2O3/c1-28(2,3)31-27(34)25(17-20-7-5-4-6-8-20)32(18-21-9-11-22(29)12-10-21)26(33)19-35-24-15-13-23(30)14-16-24/h4-16,25H,17-19H2,1-3H3,(H,31,34)/t25-/m1/s1. The number of hydrogen-bond acceptors (Lipinski definition) is 3. The Labute approximate surface area is 219 Å². The highest BCUT2D eigenvalue weighted by Gasteiger charge is 2.32. The molecular formula is C28H30FIN2O3. The Hall–Kier alpha value is -2.94. The van der Waals surface area contributed by atoms with Gasteiger partial charge in [-0.15, -0.1) is 0 Å². The predicted octanol–water partition coefficient (Wildman–Crippen LogP) is 5.36. The molecule has 1 N–H and O–H groups in total. The van der Waals surface area contributed by atoms with Gasteiger partial charge in [-0.1, -0.05) is 42.5 Å². The van der Waals surface area contributed by atoms with E-state index in [4.69, 9.17) is 4.74 Å². The number of ether oxygens (including phenoxy) is 1. The minimum absolute atomic E-state index is 0.143. The van der Waals surface area contributed by atoms with Crippen molar-refractivity contribution in [2.75, 3.05) is 6.61 Å². The van der Waals surface area contributed by atoms with Crippen molar-refractivity contribution in [3.63, 3.8) is 0 Å². The fourth-order valence-corrected chi connectivity index (χ4v) is 3.91. The molecule has 0 fully saturated rings. The van der Waals surface area contributed by atoms with E-state index in [2.05, 4.69) is 27.9 Å². The van der Waals surface area contributed by atoms with E-state index in [-0.39, 0.29) is 30.8 Å². The molecule has 184 valence electrons. The molecule has 3 rings (SSSR count). The van der Waals surface area contributed by atoms with Crippen LogP contribution in [0.25, 0.3) is 0 Å². The number of halogens is 2. The quantitative estimate of drug-likeness (QED) is 0.343. The van der Waals surface area contributed by atoms with Gasteiger partial charge in [0.2, 0.25) is 5.91 Å². The number of carbonyl (C=O) groups is 2. The minimum atomic E-state index is -0.783. The van der Waals surface area contributed by atoms with Crippen molar-refractivity contribution in [3.05, 3.63) is 99.4 Å². The fourth-order valence-electron chi connectivity index (χ4n) is 3.55. The van der Waals surface area contributed by atoms with Crippen LogP contribution in [-0.4, -0.2) is 34.9 Å². The van der Waals surface area contributed by atoms with Crippen LogP contribution in [-0.2, 0) is 22.6 Å². The average molecular weight is 588 g/mol. The number of benzene rings is 3. The Morgan fingerprint density at radius 2 is 1.57 bits per heavy atom. The Morgan fingerprint density at radius 1 is 0.943 bits per heavy atom. The summed E-state index contributed by atoms with van der Waals surface area (Å²) < 4.78 is 20.3. The first-order valence-corrected chi connectivity index (χ1v) is 12.5. The third-order valence-electron chi connectivity index (χ3n) is 5.21. The van der Waals surface area contributed by atoms with Crippen LogP contribution in [0.4, 0.5) is 4.39 Å². The van der Waals surface area contributed by atoms with Gasteiger partial charge in [0.05, 0.1) is 0 Å². The molecule has 7 heteroatoms. The second-order valence-electron chi connectivity index (χ2n) is 9.34. The van der Waals surface area contributed by atoms with E-state index in [0.29, 0.717) is 12.2 Å². The number of carbonyl (C=O) groups excluding carboxylic acids is 2. The van der Waals surface area contributed by atoms with E-state index in [1.807, 2.05) is 63.2 Å². The molecule has 2 amide bonds. The second kappa shape index (κ2) is 12.2. The zero-order valence-electron chi connectivity index (χ0n) is 20.1. The first-order chi connectivity index (χ1) is 16.6. The Kier molecular flexibility index (Phi) is 9.26. The maximum absolute atomic E-state index is 13.5. The maximum atomic E-state index is 13.5. The molecule has 0 heterocycles. The molecule has 35 heavy (non-hydrogen) atoms. The minimum Gasteiger partial charge on any atom is -0.484 e. The van der Waals surface area contributed by atoms with Gasteiger partial charge in [0.1, 0.15) is 17.6 Å². The molecule has 0 aliphatic carbocycles. The van der Waals surface area contributed by atoms with Gasteiger partial charge >= 0.3 is 0 Å². The van der Waals surface area contributed by atoms with Crippen molar-refractivity contribution in [1.29, 1.82) is 0 Å². The SMILES string of the molecule is CC(C)(C)NC(=O)[C@@H](Cc1ccccc1)N(Cc1ccc(F)cc1)C(=O)COc1ccc(I)cc1. The van der Waals surface area contributed by atoms with Crippen molar-refractivity contribution >= 4 is 34.4 Å². The monoisotopic (exact) mass is 588 g/mol. The largest absolute Gasteiger partial charge is 0.484 e. The van der Waals surface area contributed by atoms with Crippen molar-refractivity contribution in [3.8, 4) is 5.75 Å². The van der Waals surface area contributed by atoms with Gasteiger partial charge in [-0.2, -0.15) is 0 Å². The summed E-state index contributed by atoms with van der Waals surface area (Å²) in [6.45, 7) is 5.61. The second-order valence-corrected chi connectivity index (χ2v) is 10.6. The summed E-state index contributed by atoms with van der Waals surface area (Å²) in [6.07, 6.45) is 0.333. The predicted molar refractivity (Wildman–Crippen MR) is 143 cm³/mol. The molecule has 0 bridgehead atoms. The van der Waals surface area contributed by atoms with Crippen LogP contribution in [0, 0.1) is 9.39 Å². The summed E-state index contributed by atoms with van der Waals surface area (Å²) in [6, 6.07) is 22.1. The van der Waals surface area contributed by atoms with Crippen LogP contribution in [0.2, 0.25) is 0 Å². The van der Waals surface area contributed by atoms with Crippen molar-refractivity contribution in [2.45, 2.75) is 45.3 Å². The van der Waals surface area contributed by atoms with Gasteiger partial charge in [0.25, 0.3) is 5.91 Å². The van der Waals surface area contributed by atoms with Crippen LogP contribution in [0.15, 0.2) is 78.9 Å². The van der Waals surface area contributed by atoms with E-state index >= 15 is 0 Å². The smallest absolute Gasteiger partial charge is 0.261 e. The van der Waals surface area contributed by atoms with Gasteiger partial charge in [-0.05, 0) is 90.9 Å². The van der Waals surface area contributed by atoms with E-state index in [1.54, 1.807) is 24.3 Å². The first kappa shape index (κ1) is 26.7. The summed E-state index contributed by atoms with van der Waals surface area (Å²) in [4.78, 5) is 28.5. The van der Waals surface area contributed by atoms with Gasteiger partial charge < -0.3 is 15.0 Å². The van der Waals surface area contributed by atoms with Crippen LogP contribution in [0.3, 0.4) is 0 Å². The van der Waals surface area contributed by atoms with Crippen LogP contribution >= 0.6 is 22.6 Å². The lowest BCUT2D eigenvalue weighted by Gasteiger charge is -2.33. The van der Waals surface area contributed by atoms with Gasteiger partial charge in [-0.25, -0.2) is 4.39 Å². The van der Waals surface area contributed by atoms with E-state index in [1.165, 1.54) is 17.0 Å². The van der Waals surface area contributed by atoms with Crippen LogP contribution < -0.4 is 10.1 Å². The molecule has 0 spiro atoms. The zero-order valence-corrected chi connectivity index (χ0v) is 22.3. The molecular weight excluding hydrogens is 558 g/mol. The van der Waals surface area contributed by atoms with Crippen LogP contribution in [0.1, 0.15) is 31.9 Å². The Morgan fingerprint density at radius 3 is 2.17 bits per heavy atom. The first-order valence-electron chi connectivity index (χ1n) is 11.4. The average Bonchev–Trinajstić information content (AvgIpc) is 2.81. The molecule has 0 saturated carbocycles. The molecule has 5 nitrogen and oxygen atoms in total. The molecule has 0 aliphatic heterocycles. The lowest BCUT2D eigenvalue weighted by Crippen LogP contribution is -2.55. The normalized spacial score (nSPS) is 12.0. The van der Waals surface area contributed by atoms with E-state index in [0.717, 1.165) is 14.7 Å². The van der Waals surface area contributed by atoms with Crippen LogP contribution in [0.5, 0.6) is 5.75 Å². The highest BCUT2D eigenvalue weighted by atomic mass is 127. The molecule has 0 aliphatic rings. The number of rotatable bonds is 9. The zero-order chi connectivity index (χ0) is 25.4. The van der Waals surface area contributed by atoms with Gasteiger partial charge in [0, 0.05) is 22.1 Å². The van der Waals surface area contributed by atoms with Gasteiger partial charge in [0.15, 0.2) is 6.61 Å². The maximum Gasteiger partial charge on any atom is 0.261 e. The fraction of sp³-hybridized carbons (Fsp3) is 0.286. The lowest BCUT2D eigenvalue weighted by molar-refractivity contribution is -0.143. The number of nitrogens with one attached hydrogen (secondary N) is 1. The number of amides is 2. The van der Waals surface area contributed by atoms with Crippen molar-refractivity contribution in [1.82, 2.24) is 10.2 Å². The molecule has 0 saturated heterocycles. The summed E-state index contributed by atoms with van der Waals surface area (Å²) in [7, 11) is 0. The van der Waals surface area contributed by atoms with Crippen molar-refractivity contribution in [2.24, 2.45) is 0 Å². The van der Waals surface area contributed by atoms with Crippen molar-refractivity contribution < 1.29 is 18.7 Å². The molecule has 3 aromatic rings. The summed E-state index contributed by atoms with van der Waals surface area (Å²) >= 11 is 2.20. The molecule has 0 unspecified atom stereocenters. The topological polar surface area (TPSA) is 58.6 Å². The summed E-state index contributed by atoms with van der Waals surface area (Å²) in [5.74, 6) is -0.386. The third-order valence-corrected chi connectivity index (χ3v) is 5.93. The molecule has 3 aromatic carbocycles. The summed E-state index contributed by atoms with van der Waals surface area (Å²) in [5, 5.41) is 3.02. The molecule has 0 radical (unpaired) electrons. The highest BCUT2D eigenvalue weighted by Crippen LogP contribution is 2.18.